The van der Waals surface area contributed by atoms with E-state index in [2.05, 4.69) is 17.5 Å². The van der Waals surface area contributed by atoms with Crippen LogP contribution in [0.2, 0.25) is 0 Å². The van der Waals surface area contributed by atoms with Crippen molar-refractivity contribution in [2.75, 3.05) is 6.54 Å². The van der Waals surface area contributed by atoms with E-state index in [0.717, 1.165) is 13.0 Å². The maximum Gasteiger partial charge on any atom is 0.0672 e. The Balaban J connectivity index is 1.73. The Morgan fingerprint density at radius 1 is 1.24 bits per heavy atom. The normalized spacial score (nSPS) is 29.5. The third-order valence-electron chi connectivity index (χ3n) is 4.17. The van der Waals surface area contributed by atoms with Gasteiger partial charge in [0.2, 0.25) is 0 Å². The molecule has 2 atom stereocenters. The van der Waals surface area contributed by atoms with Gasteiger partial charge in [0.1, 0.15) is 0 Å². The van der Waals surface area contributed by atoms with E-state index in [1.54, 1.807) is 5.57 Å². The first-order valence-corrected chi connectivity index (χ1v) is 7.21. The predicted octanol–water partition coefficient (Wildman–Crippen LogP) is 3.55. The van der Waals surface area contributed by atoms with Crippen molar-refractivity contribution in [1.29, 1.82) is 5.26 Å². The Morgan fingerprint density at radius 2 is 2.12 bits per heavy atom. The number of nitrogens with zero attached hydrogens (tertiary/aromatic N) is 1. The third-order valence-corrected chi connectivity index (χ3v) is 4.17. The molecule has 0 amide bonds. The summed E-state index contributed by atoms with van der Waals surface area (Å²) in [4.78, 5) is 0. The molecule has 0 bridgehead atoms. The first-order chi connectivity index (χ1) is 8.40. The van der Waals surface area contributed by atoms with Crippen molar-refractivity contribution in [3.63, 3.8) is 0 Å². The van der Waals surface area contributed by atoms with E-state index in [9.17, 15) is 5.26 Å². The van der Waals surface area contributed by atoms with Gasteiger partial charge in [0.25, 0.3) is 0 Å². The maximum atomic E-state index is 9.20. The summed E-state index contributed by atoms with van der Waals surface area (Å²) >= 11 is 0. The standard InChI is InChI=1S/C15H24N2/c16-12-14-8-2-1-3-9-15(14)17-11-10-13-6-4-5-7-13/h6,14-15,17H,1-5,7-11H2. The molecule has 0 radical (unpaired) electrons. The summed E-state index contributed by atoms with van der Waals surface area (Å²) in [5.41, 5.74) is 1.62. The lowest BCUT2D eigenvalue weighted by Crippen LogP contribution is -2.35. The minimum absolute atomic E-state index is 0.245. The van der Waals surface area contributed by atoms with Gasteiger partial charge in [-0.2, -0.15) is 5.26 Å². The summed E-state index contributed by atoms with van der Waals surface area (Å²) in [6.07, 6.45) is 13.6. The molecular formula is C15H24N2. The van der Waals surface area contributed by atoms with E-state index in [1.807, 2.05) is 0 Å². The van der Waals surface area contributed by atoms with Gasteiger partial charge < -0.3 is 5.32 Å². The van der Waals surface area contributed by atoms with Crippen LogP contribution in [0.1, 0.15) is 57.8 Å². The zero-order chi connectivity index (χ0) is 11.9. The molecule has 0 saturated heterocycles. The van der Waals surface area contributed by atoms with Gasteiger partial charge >= 0.3 is 0 Å². The average Bonchev–Trinajstić information content (AvgIpc) is 2.75. The Morgan fingerprint density at radius 3 is 2.88 bits per heavy atom. The highest BCUT2D eigenvalue weighted by Gasteiger charge is 2.22. The lowest BCUT2D eigenvalue weighted by atomic mass is 9.96. The largest absolute Gasteiger partial charge is 0.312 e. The number of hydrogen-bond acceptors (Lipinski definition) is 2. The van der Waals surface area contributed by atoms with Crippen molar-refractivity contribution < 1.29 is 0 Å². The molecule has 0 aromatic carbocycles. The number of nitriles is 1. The molecule has 17 heavy (non-hydrogen) atoms. The van der Waals surface area contributed by atoms with E-state index >= 15 is 0 Å². The number of hydrogen-bond donors (Lipinski definition) is 1. The lowest BCUT2D eigenvalue weighted by Gasteiger charge is -2.21. The third kappa shape index (κ3) is 3.85. The minimum atomic E-state index is 0.245. The zero-order valence-corrected chi connectivity index (χ0v) is 10.8. The minimum Gasteiger partial charge on any atom is -0.312 e. The Kier molecular flexibility index (Phi) is 5.07. The van der Waals surface area contributed by atoms with Crippen LogP contribution in [0.25, 0.3) is 0 Å². The van der Waals surface area contributed by atoms with Gasteiger partial charge in [0.05, 0.1) is 12.0 Å². The van der Waals surface area contributed by atoms with Crippen LogP contribution in [0.3, 0.4) is 0 Å². The van der Waals surface area contributed by atoms with Crippen molar-refractivity contribution in [3.8, 4) is 6.07 Å². The Hall–Kier alpha value is -0.810. The molecular weight excluding hydrogens is 208 g/mol. The SMILES string of the molecule is N#CC1CCCCCC1NCCC1=CCCC1. The van der Waals surface area contributed by atoms with Crippen LogP contribution in [-0.2, 0) is 0 Å². The van der Waals surface area contributed by atoms with Gasteiger partial charge in [-0.05, 0) is 45.1 Å². The molecule has 2 heteroatoms. The average molecular weight is 232 g/mol. The summed E-state index contributed by atoms with van der Waals surface area (Å²) in [5.74, 6) is 0.245. The quantitative estimate of drug-likeness (QED) is 0.594. The molecule has 94 valence electrons. The molecule has 2 unspecified atom stereocenters. The Labute approximate surface area is 105 Å². The van der Waals surface area contributed by atoms with Crippen LogP contribution >= 0.6 is 0 Å². The number of allylic oxidation sites excluding steroid dienone is 1. The fraction of sp³-hybridized carbons (Fsp3) is 0.800. The summed E-state index contributed by atoms with van der Waals surface area (Å²) < 4.78 is 0. The molecule has 1 N–H and O–H groups in total. The van der Waals surface area contributed by atoms with Crippen LogP contribution in [0.5, 0.6) is 0 Å². The maximum absolute atomic E-state index is 9.20. The summed E-state index contributed by atoms with van der Waals surface area (Å²) in [7, 11) is 0. The molecule has 1 saturated carbocycles. The van der Waals surface area contributed by atoms with Gasteiger partial charge in [-0.15, -0.1) is 0 Å². The zero-order valence-electron chi connectivity index (χ0n) is 10.8. The first kappa shape index (κ1) is 12.6. The monoisotopic (exact) mass is 232 g/mol. The van der Waals surface area contributed by atoms with Gasteiger partial charge in [-0.1, -0.05) is 30.9 Å². The second-order valence-corrected chi connectivity index (χ2v) is 5.44. The molecule has 0 heterocycles. The van der Waals surface area contributed by atoms with Gasteiger partial charge in [0.15, 0.2) is 0 Å². The molecule has 0 spiro atoms. The fourth-order valence-electron chi connectivity index (χ4n) is 3.09. The number of rotatable bonds is 4. The van der Waals surface area contributed by atoms with E-state index in [1.165, 1.54) is 51.4 Å². The first-order valence-electron chi connectivity index (χ1n) is 7.21. The van der Waals surface area contributed by atoms with Gasteiger partial charge in [-0.3, -0.25) is 0 Å². The van der Waals surface area contributed by atoms with Crippen LogP contribution in [-0.4, -0.2) is 12.6 Å². The van der Waals surface area contributed by atoms with Crippen molar-refractivity contribution >= 4 is 0 Å². The smallest absolute Gasteiger partial charge is 0.0672 e. The molecule has 0 aromatic rings. The Bertz CT molecular complexity index is 301. The summed E-state index contributed by atoms with van der Waals surface area (Å²) in [5, 5.41) is 12.8. The van der Waals surface area contributed by atoms with Crippen molar-refractivity contribution in [2.24, 2.45) is 5.92 Å². The van der Waals surface area contributed by atoms with Gasteiger partial charge in [-0.25, -0.2) is 0 Å². The van der Waals surface area contributed by atoms with Crippen molar-refractivity contribution in [3.05, 3.63) is 11.6 Å². The highest BCUT2D eigenvalue weighted by atomic mass is 14.9. The summed E-state index contributed by atoms with van der Waals surface area (Å²) in [6, 6.07) is 2.94. The fourth-order valence-corrected chi connectivity index (χ4v) is 3.09. The molecule has 2 aliphatic carbocycles. The second kappa shape index (κ2) is 6.81. The topological polar surface area (TPSA) is 35.8 Å². The molecule has 2 nitrogen and oxygen atoms in total. The summed E-state index contributed by atoms with van der Waals surface area (Å²) in [6.45, 7) is 1.06. The van der Waals surface area contributed by atoms with Crippen LogP contribution in [0, 0.1) is 17.2 Å². The van der Waals surface area contributed by atoms with E-state index < -0.39 is 0 Å². The molecule has 2 aliphatic rings. The van der Waals surface area contributed by atoms with Crippen LogP contribution in [0.4, 0.5) is 0 Å². The van der Waals surface area contributed by atoms with E-state index in [0.29, 0.717) is 6.04 Å². The predicted molar refractivity (Wildman–Crippen MR) is 70.5 cm³/mol. The molecule has 0 aliphatic heterocycles. The second-order valence-electron chi connectivity index (χ2n) is 5.44. The number of nitrogens with one attached hydrogen (secondary N) is 1. The van der Waals surface area contributed by atoms with E-state index in [-0.39, 0.29) is 5.92 Å². The molecule has 0 aromatic heterocycles. The highest BCUT2D eigenvalue weighted by molar-refractivity contribution is 5.07. The van der Waals surface area contributed by atoms with E-state index in [4.69, 9.17) is 0 Å². The van der Waals surface area contributed by atoms with Crippen LogP contribution < -0.4 is 5.32 Å². The van der Waals surface area contributed by atoms with Crippen molar-refractivity contribution in [2.45, 2.75) is 63.8 Å². The van der Waals surface area contributed by atoms with Crippen molar-refractivity contribution in [1.82, 2.24) is 5.32 Å². The highest BCUT2D eigenvalue weighted by Crippen LogP contribution is 2.24. The molecule has 1 fully saturated rings. The molecule has 2 rings (SSSR count). The lowest BCUT2D eigenvalue weighted by molar-refractivity contribution is 0.397. The van der Waals surface area contributed by atoms with Gasteiger partial charge in [0, 0.05) is 6.04 Å². The van der Waals surface area contributed by atoms with Crippen LogP contribution in [0.15, 0.2) is 11.6 Å².